The maximum absolute atomic E-state index is 12.9. The van der Waals surface area contributed by atoms with Crippen molar-refractivity contribution in [2.24, 2.45) is 5.73 Å². The van der Waals surface area contributed by atoms with Crippen LogP contribution in [0.1, 0.15) is 27.6 Å². The Labute approximate surface area is 139 Å². The van der Waals surface area contributed by atoms with Crippen molar-refractivity contribution in [3.8, 4) is 0 Å². The molecule has 2 aromatic rings. The lowest BCUT2D eigenvalue weighted by Gasteiger charge is -2.23. The zero-order chi connectivity index (χ0) is 17.3. The van der Waals surface area contributed by atoms with Gasteiger partial charge in [-0.1, -0.05) is 24.3 Å². The minimum absolute atomic E-state index is 0.0639. The quantitative estimate of drug-likeness (QED) is 0.825. The maximum Gasteiger partial charge on any atom is 0.258 e. The van der Waals surface area contributed by atoms with Crippen molar-refractivity contribution in [1.29, 1.82) is 0 Å². The third kappa shape index (κ3) is 2.91. The van der Waals surface area contributed by atoms with E-state index in [1.165, 1.54) is 11.8 Å². The lowest BCUT2D eigenvalue weighted by Crippen LogP contribution is -2.45. The van der Waals surface area contributed by atoms with E-state index in [9.17, 15) is 14.4 Å². The average Bonchev–Trinajstić information content (AvgIpc) is 2.71. The van der Waals surface area contributed by atoms with Gasteiger partial charge in [0.05, 0.1) is 17.9 Å². The van der Waals surface area contributed by atoms with Crippen LogP contribution in [0.15, 0.2) is 48.5 Å². The van der Waals surface area contributed by atoms with Crippen molar-refractivity contribution in [3.63, 3.8) is 0 Å². The van der Waals surface area contributed by atoms with Crippen molar-refractivity contribution in [2.45, 2.75) is 13.0 Å². The van der Waals surface area contributed by atoms with Gasteiger partial charge in [-0.3, -0.25) is 14.4 Å². The molecule has 0 aliphatic carbocycles. The normalized spacial score (nSPS) is 16.8. The third-order valence-electron chi connectivity index (χ3n) is 3.95. The number of carbonyl (C=O) groups is 3. The Morgan fingerprint density at radius 2 is 1.71 bits per heavy atom. The topological polar surface area (TPSA) is 92.5 Å². The molecular formula is C18H17N3O3. The van der Waals surface area contributed by atoms with Gasteiger partial charge in [-0.25, -0.2) is 0 Å². The number of para-hydroxylation sites is 2. The number of hydrogen-bond acceptors (Lipinski definition) is 4. The summed E-state index contributed by atoms with van der Waals surface area (Å²) in [6, 6.07) is 12.7. The number of Topliss-reactive ketones (excluding diaryl/α,β-unsaturated/α-hetero) is 1. The number of fused-ring (bicyclic) bond motifs is 1. The highest BCUT2D eigenvalue weighted by molar-refractivity contribution is 6.11. The monoisotopic (exact) mass is 323 g/mol. The second-order valence-corrected chi connectivity index (χ2v) is 5.66. The van der Waals surface area contributed by atoms with Gasteiger partial charge < -0.3 is 16.0 Å². The lowest BCUT2D eigenvalue weighted by molar-refractivity contribution is -0.117. The van der Waals surface area contributed by atoms with E-state index < -0.39 is 6.04 Å². The molecule has 3 rings (SSSR count). The highest BCUT2D eigenvalue weighted by Crippen LogP contribution is 2.29. The number of nitrogens with two attached hydrogens (primary N) is 1. The zero-order valence-corrected chi connectivity index (χ0v) is 13.2. The molecule has 2 amide bonds. The van der Waals surface area contributed by atoms with E-state index in [1.54, 1.807) is 48.5 Å². The van der Waals surface area contributed by atoms with Gasteiger partial charge in [0, 0.05) is 11.1 Å². The summed E-state index contributed by atoms with van der Waals surface area (Å²) >= 11 is 0. The largest absolute Gasteiger partial charge is 0.323 e. The summed E-state index contributed by atoms with van der Waals surface area (Å²) < 4.78 is 0. The van der Waals surface area contributed by atoms with Crippen molar-refractivity contribution >= 4 is 29.0 Å². The van der Waals surface area contributed by atoms with E-state index in [0.717, 1.165) is 0 Å². The molecule has 0 aromatic heterocycles. The first-order valence-electron chi connectivity index (χ1n) is 7.55. The Kier molecular flexibility index (Phi) is 4.14. The van der Waals surface area contributed by atoms with Gasteiger partial charge in [-0.2, -0.15) is 0 Å². The number of anilines is 2. The fraction of sp³-hybridized carbons (Fsp3) is 0.167. The molecule has 0 saturated heterocycles. The maximum atomic E-state index is 12.9. The molecular weight excluding hydrogens is 306 g/mol. The smallest absolute Gasteiger partial charge is 0.258 e. The minimum Gasteiger partial charge on any atom is -0.323 e. The molecule has 24 heavy (non-hydrogen) atoms. The van der Waals surface area contributed by atoms with Crippen LogP contribution in [0.4, 0.5) is 11.4 Å². The molecule has 2 aromatic carbocycles. The van der Waals surface area contributed by atoms with Gasteiger partial charge in [-0.05, 0) is 31.2 Å². The van der Waals surface area contributed by atoms with Crippen molar-refractivity contribution in [2.75, 3.05) is 16.8 Å². The fourth-order valence-corrected chi connectivity index (χ4v) is 2.61. The minimum atomic E-state index is -0.821. The molecule has 0 bridgehead atoms. The Morgan fingerprint density at radius 3 is 2.38 bits per heavy atom. The summed E-state index contributed by atoms with van der Waals surface area (Å²) in [5, 5.41) is 2.73. The number of ketones is 1. The van der Waals surface area contributed by atoms with Crippen LogP contribution in [0, 0.1) is 0 Å². The Balaban J connectivity index is 1.98. The van der Waals surface area contributed by atoms with Crippen LogP contribution in [0.5, 0.6) is 0 Å². The number of rotatable bonds is 2. The van der Waals surface area contributed by atoms with E-state index in [1.807, 2.05) is 0 Å². The Morgan fingerprint density at radius 1 is 1.08 bits per heavy atom. The molecule has 0 spiro atoms. The molecule has 6 nitrogen and oxygen atoms in total. The van der Waals surface area contributed by atoms with Crippen molar-refractivity contribution in [1.82, 2.24) is 0 Å². The summed E-state index contributed by atoms with van der Waals surface area (Å²) in [5.74, 6) is -0.667. The molecule has 1 aliphatic rings. The predicted octanol–water partition coefficient (Wildman–Crippen LogP) is 1.82. The number of amides is 2. The molecule has 1 unspecified atom stereocenters. The van der Waals surface area contributed by atoms with Gasteiger partial charge in [0.2, 0.25) is 5.91 Å². The highest BCUT2D eigenvalue weighted by atomic mass is 16.2. The fourth-order valence-electron chi connectivity index (χ4n) is 2.61. The summed E-state index contributed by atoms with van der Waals surface area (Å²) in [6.45, 7) is 1.55. The van der Waals surface area contributed by atoms with Crippen LogP contribution in [-0.2, 0) is 4.79 Å². The van der Waals surface area contributed by atoms with E-state index in [-0.39, 0.29) is 24.1 Å². The lowest BCUT2D eigenvalue weighted by atomic mass is 10.1. The second kappa shape index (κ2) is 6.25. The van der Waals surface area contributed by atoms with Gasteiger partial charge in [0.25, 0.3) is 5.91 Å². The number of nitrogens with zero attached hydrogens (tertiary/aromatic N) is 1. The average molecular weight is 323 g/mol. The van der Waals surface area contributed by atoms with Gasteiger partial charge in [-0.15, -0.1) is 0 Å². The molecule has 1 atom stereocenters. The molecule has 3 N–H and O–H groups in total. The molecule has 6 heteroatoms. The second-order valence-electron chi connectivity index (χ2n) is 5.66. The highest BCUT2D eigenvalue weighted by Gasteiger charge is 2.29. The van der Waals surface area contributed by atoms with Crippen LogP contribution >= 0.6 is 0 Å². The molecule has 1 heterocycles. The number of benzene rings is 2. The number of nitrogens with one attached hydrogen (secondary N) is 1. The van der Waals surface area contributed by atoms with E-state index in [4.69, 9.17) is 5.73 Å². The first-order chi connectivity index (χ1) is 11.5. The van der Waals surface area contributed by atoms with E-state index >= 15 is 0 Å². The SMILES string of the molecule is CC(=O)c1ccc(C(=O)N2CC(N)C(=O)Nc3ccccc32)cc1. The molecule has 122 valence electrons. The zero-order valence-electron chi connectivity index (χ0n) is 13.2. The van der Waals surface area contributed by atoms with Gasteiger partial charge >= 0.3 is 0 Å². The predicted molar refractivity (Wildman–Crippen MR) is 91.2 cm³/mol. The summed E-state index contributed by atoms with van der Waals surface area (Å²) in [7, 11) is 0. The Bertz CT molecular complexity index is 815. The molecule has 1 aliphatic heterocycles. The molecule has 0 fully saturated rings. The van der Waals surface area contributed by atoms with Crippen LogP contribution in [-0.4, -0.2) is 30.2 Å². The first kappa shape index (κ1) is 15.9. The van der Waals surface area contributed by atoms with Gasteiger partial charge in [0.15, 0.2) is 5.78 Å². The van der Waals surface area contributed by atoms with Crippen LogP contribution in [0.2, 0.25) is 0 Å². The Hall–Kier alpha value is -2.99. The van der Waals surface area contributed by atoms with Crippen molar-refractivity contribution in [3.05, 3.63) is 59.7 Å². The van der Waals surface area contributed by atoms with Gasteiger partial charge in [0.1, 0.15) is 6.04 Å². The van der Waals surface area contributed by atoms with E-state index in [0.29, 0.717) is 22.5 Å². The summed E-state index contributed by atoms with van der Waals surface area (Å²) in [6.07, 6.45) is 0. The van der Waals surface area contributed by atoms with Crippen LogP contribution in [0.25, 0.3) is 0 Å². The number of hydrogen-bond donors (Lipinski definition) is 2. The summed E-state index contributed by atoms with van der Waals surface area (Å²) in [5.41, 5.74) is 7.98. The standard InChI is InChI=1S/C18H17N3O3/c1-11(22)12-6-8-13(9-7-12)18(24)21-10-14(19)17(23)20-15-4-2-3-5-16(15)21/h2-9,14H,10,19H2,1H3,(H,20,23). The summed E-state index contributed by atoms with van der Waals surface area (Å²) in [4.78, 5) is 37.7. The molecule has 0 saturated carbocycles. The molecule has 0 radical (unpaired) electrons. The third-order valence-corrected chi connectivity index (χ3v) is 3.95. The first-order valence-corrected chi connectivity index (χ1v) is 7.55. The van der Waals surface area contributed by atoms with E-state index in [2.05, 4.69) is 5.32 Å². The van der Waals surface area contributed by atoms with Crippen LogP contribution in [0.3, 0.4) is 0 Å². The van der Waals surface area contributed by atoms with Crippen molar-refractivity contribution < 1.29 is 14.4 Å². The van der Waals surface area contributed by atoms with Crippen LogP contribution < -0.4 is 16.0 Å². The number of carbonyl (C=O) groups excluding carboxylic acids is 3.